The second kappa shape index (κ2) is 5.44. The third-order valence-electron chi connectivity index (χ3n) is 2.13. The van der Waals surface area contributed by atoms with Gasteiger partial charge in [0.25, 0.3) is 0 Å². The topological polar surface area (TPSA) is 52.6 Å². The maximum Gasteiger partial charge on any atom is 0.333 e. The summed E-state index contributed by atoms with van der Waals surface area (Å²) in [5.74, 6) is -0.858. The Labute approximate surface area is 83.9 Å². The molecule has 0 radical (unpaired) electrons. The van der Waals surface area contributed by atoms with Gasteiger partial charge in [-0.2, -0.15) is 0 Å². The summed E-state index contributed by atoms with van der Waals surface area (Å²) >= 11 is 0. The molecule has 1 fully saturated rings. The molecule has 2 N–H and O–H groups in total. The number of nitrogens with one attached hydrogen (secondary N) is 1. The van der Waals surface area contributed by atoms with Crippen molar-refractivity contribution in [3.05, 3.63) is 24.4 Å². The Hall–Kier alpha value is -1.29. The van der Waals surface area contributed by atoms with Crippen LogP contribution in [0.1, 0.15) is 6.42 Å². The fraction of sp³-hybridized carbons (Fsp3) is 0.500. The van der Waals surface area contributed by atoms with Gasteiger partial charge in [0.15, 0.2) is 0 Å². The van der Waals surface area contributed by atoms with Gasteiger partial charge in [0.2, 0.25) is 0 Å². The molecule has 0 saturated carbocycles. The highest BCUT2D eigenvalue weighted by atomic mass is 16.4. The van der Waals surface area contributed by atoms with Crippen molar-refractivity contribution in [2.75, 3.05) is 26.2 Å². The van der Waals surface area contributed by atoms with Gasteiger partial charge in [0.05, 0.1) is 5.57 Å². The van der Waals surface area contributed by atoms with Crippen LogP contribution < -0.4 is 5.32 Å². The Morgan fingerprint density at radius 1 is 1.50 bits per heavy atom. The number of allylic oxidation sites excluding steroid dienone is 1. The number of aliphatic carboxylic acids is 1. The third kappa shape index (κ3) is 3.22. The fourth-order valence-electron chi connectivity index (χ4n) is 1.38. The van der Waals surface area contributed by atoms with Crippen molar-refractivity contribution in [1.29, 1.82) is 0 Å². The average molecular weight is 196 g/mol. The standard InChI is InChI=1S/C10H16N2O2/c1-2-3-9(10(13)14)8-12-6-4-11-5-7-12/h2,8,11H,1,3-7H2,(H,13,14). The second-order valence-corrected chi connectivity index (χ2v) is 3.24. The van der Waals surface area contributed by atoms with E-state index in [-0.39, 0.29) is 0 Å². The van der Waals surface area contributed by atoms with Gasteiger partial charge in [0, 0.05) is 32.4 Å². The van der Waals surface area contributed by atoms with Gasteiger partial charge in [-0.3, -0.25) is 0 Å². The number of carbonyl (C=O) groups is 1. The van der Waals surface area contributed by atoms with Crippen LogP contribution in [-0.2, 0) is 4.79 Å². The number of hydrogen-bond acceptors (Lipinski definition) is 3. The van der Waals surface area contributed by atoms with E-state index in [1.807, 2.05) is 4.90 Å². The predicted molar refractivity (Wildman–Crippen MR) is 55.0 cm³/mol. The van der Waals surface area contributed by atoms with Crippen molar-refractivity contribution in [2.24, 2.45) is 0 Å². The van der Waals surface area contributed by atoms with E-state index >= 15 is 0 Å². The van der Waals surface area contributed by atoms with Crippen LogP contribution >= 0.6 is 0 Å². The molecule has 4 heteroatoms. The summed E-state index contributed by atoms with van der Waals surface area (Å²) in [6.07, 6.45) is 3.76. The lowest BCUT2D eigenvalue weighted by atomic mass is 10.2. The minimum atomic E-state index is -0.858. The Balaban J connectivity index is 2.59. The average Bonchev–Trinajstić information content (AvgIpc) is 2.18. The predicted octanol–water partition coefficient (Wildman–Crippen LogP) is 0.436. The Morgan fingerprint density at radius 3 is 2.64 bits per heavy atom. The van der Waals surface area contributed by atoms with E-state index in [0.29, 0.717) is 12.0 Å². The van der Waals surface area contributed by atoms with E-state index in [1.54, 1.807) is 12.3 Å². The number of hydrogen-bond donors (Lipinski definition) is 2. The molecule has 0 aliphatic carbocycles. The summed E-state index contributed by atoms with van der Waals surface area (Å²) in [6.45, 7) is 7.11. The molecule has 0 spiro atoms. The molecule has 0 aromatic rings. The van der Waals surface area contributed by atoms with Crippen molar-refractivity contribution in [1.82, 2.24) is 10.2 Å². The van der Waals surface area contributed by atoms with Gasteiger partial charge in [-0.1, -0.05) is 6.08 Å². The van der Waals surface area contributed by atoms with Crippen LogP contribution in [-0.4, -0.2) is 42.2 Å². The maximum atomic E-state index is 10.8. The SMILES string of the molecule is C=CCC(=CN1CCNCC1)C(=O)O. The zero-order valence-corrected chi connectivity index (χ0v) is 8.20. The van der Waals surface area contributed by atoms with E-state index in [9.17, 15) is 4.79 Å². The summed E-state index contributed by atoms with van der Waals surface area (Å²) < 4.78 is 0. The second-order valence-electron chi connectivity index (χ2n) is 3.24. The van der Waals surface area contributed by atoms with Crippen molar-refractivity contribution in [2.45, 2.75) is 6.42 Å². The summed E-state index contributed by atoms with van der Waals surface area (Å²) in [4.78, 5) is 12.8. The minimum Gasteiger partial charge on any atom is -0.478 e. The molecule has 4 nitrogen and oxygen atoms in total. The first-order valence-corrected chi connectivity index (χ1v) is 4.73. The van der Waals surface area contributed by atoms with Crippen LogP contribution in [0.4, 0.5) is 0 Å². The lowest BCUT2D eigenvalue weighted by molar-refractivity contribution is -0.132. The van der Waals surface area contributed by atoms with Crippen LogP contribution in [0.15, 0.2) is 24.4 Å². The van der Waals surface area contributed by atoms with E-state index in [1.165, 1.54) is 0 Å². The largest absolute Gasteiger partial charge is 0.478 e. The number of carboxylic acids is 1. The van der Waals surface area contributed by atoms with E-state index in [0.717, 1.165) is 26.2 Å². The van der Waals surface area contributed by atoms with Gasteiger partial charge < -0.3 is 15.3 Å². The summed E-state index contributed by atoms with van der Waals surface area (Å²) in [7, 11) is 0. The van der Waals surface area contributed by atoms with Crippen LogP contribution in [0.5, 0.6) is 0 Å². The first-order chi connectivity index (χ1) is 6.74. The molecule has 78 valence electrons. The van der Waals surface area contributed by atoms with Crippen LogP contribution in [0.2, 0.25) is 0 Å². The molecule has 14 heavy (non-hydrogen) atoms. The fourth-order valence-corrected chi connectivity index (χ4v) is 1.38. The lowest BCUT2D eigenvalue weighted by Gasteiger charge is -2.26. The summed E-state index contributed by atoms with van der Waals surface area (Å²) in [6, 6.07) is 0. The van der Waals surface area contributed by atoms with Crippen molar-refractivity contribution in [3.8, 4) is 0 Å². The van der Waals surface area contributed by atoms with Gasteiger partial charge >= 0.3 is 5.97 Å². The summed E-state index contributed by atoms with van der Waals surface area (Å²) in [5, 5.41) is 12.1. The number of rotatable bonds is 4. The monoisotopic (exact) mass is 196 g/mol. The molecular formula is C10H16N2O2. The lowest BCUT2D eigenvalue weighted by Crippen LogP contribution is -2.40. The molecule has 0 aromatic carbocycles. The van der Waals surface area contributed by atoms with Crippen LogP contribution in [0, 0.1) is 0 Å². The molecule has 0 amide bonds. The molecule has 1 rings (SSSR count). The van der Waals surface area contributed by atoms with Crippen molar-refractivity contribution >= 4 is 5.97 Å². The Kier molecular flexibility index (Phi) is 4.19. The Morgan fingerprint density at radius 2 is 2.14 bits per heavy atom. The third-order valence-corrected chi connectivity index (χ3v) is 2.13. The highest BCUT2D eigenvalue weighted by Gasteiger charge is 2.10. The van der Waals surface area contributed by atoms with Gasteiger partial charge in [0.1, 0.15) is 0 Å². The van der Waals surface area contributed by atoms with E-state index in [2.05, 4.69) is 11.9 Å². The highest BCUT2D eigenvalue weighted by molar-refractivity contribution is 5.86. The molecule has 1 aliphatic rings. The molecule has 0 atom stereocenters. The smallest absolute Gasteiger partial charge is 0.333 e. The molecule has 0 bridgehead atoms. The van der Waals surface area contributed by atoms with Crippen LogP contribution in [0.3, 0.4) is 0 Å². The molecule has 0 aromatic heterocycles. The van der Waals surface area contributed by atoms with Crippen molar-refractivity contribution < 1.29 is 9.90 Å². The van der Waals surface area contributed by atoms with Crippen molar-refractivity contribution in [3.63, 3.8) is 0 Å². The van der Waals surface area contributed by atoms with E-state index < -0.39 is 5.97 Å². The van der Waals surface area contributed by atoms with Gasteiger partial charge in [-0.25, -0.2) is 4.79 Å². The van der Waals surface area contributed by atoms with Gasteiger partial charge in [-0.05, 0) is 6.42 Å². The van der Waals surface area contributed by atoms with E-state index in [4.69, 9.17) is 5.11 Å². The first-order valence-electron chi connectivity index (χ1n) is 4.73. The molecule has 1 aliphatic heterocycles. The Bertz CT molecular complexity index is 243. The quantitative estimate of drug-likeness (QED) is 0.506. The zero-order valence-electron chi connectivity index (χ0n) is 8.20. The van der Waals surface area contributed by atoms with Crippen LogP contribution in [0.25, 0.3) is 0 Å². The normalized spacial score (nSPS) is 18.0. The summed E-state index contributed by atoms with van der Waals surface area (Å²) in [5.41, 5.74) is 0.405. The molecule has 1 saturated heterocycles. The number of carboxylic acid groups (broad SMARTS) is 1. The molecular weight excluding hydrogens is 180 g/mol. The molecule has 0 unspecified atom stereocenters. The minimum absolute atomic E-state index is 0.405. The number of piperazine rings is 1. The zero-order chi connectivity index (χ0) is 10.4. The highest BCUT2D eigenvalue weighted by Crippen LogP contribution is 2.05. The molecule has 1 heterocycles. The first kappa shape index (κ1) is 10.8. The number of nitrogens with zero attached hydrogens (tertiary/aromatic N) is 1. The maximum absolute atomic E-state index is 10.8. The van der Waals surface area contributed by atoms with Gasteiger partial charge in [-0.15, -0.1) is 6.58 Å².